The topological polar surface area (TPSA) is 50.3 Å². The number of aromatic nitrogens is 2. The van der Waals surface area contributed by atoms with Crippen LogP contribution >= 0.6 is 0 Å². The molecule has 0 aliphatic rings. The molecule has 140 valence electrons. The molecule has 1 aromatic heterocycles. The fourth-order valence-electron chi connectivity index (χ4n) is 2.92. The number of nitrogens with zero attached hydrogens (tertiary/aromatic N) is 3. The second-order valence-electron chi connectivity index (χ2n) is 6.31. The number of hydrogen-bond acceptors (Lipinski definition) is 5. The number of benzene rings is 2. The highest BCUT2D eigenvalue weighted by atomic mass is 16.5. The van der Waals surface area contributed by atoms with Crippen molar-refractivity contribution in [2.24, 2.45) is 0 Å². The van der Waals surface area contributed by atoms with Crippen molar-refractivity contribution in [3.05, 3.63) is 66.2 Å². The molecule has 5 nitrogen and oxygen atoms in total. The molecule has 0 amide bonds. The smallest absolute Gasteiger partial charge is 0.232 e. The summed E-state index contributed by atoms with van der Waals surface area (Å²) in [7, 11) is 1.69. The molecule has 0 radical (unpaired) electrons. The Morgan fingerprint density at radius 1 is 1.00 bits per heavy atom. The zero-order valence-corrected chi connectivity index (χ0v) is 16.1. The number of methoxy groups -OCH3 is 1. The van der Waals surface area contributed by atoms with Crippen molar-refractivity contribution in [1.82, 2.24) is 9.97 Å². The summed E-state index contributed by atoms with van der Waals surface area (Å²) in [6.45, 7) is 6.29. The molecule has 0 aliphatic carbocycles. The van der Waals surface area contributed by atoms with Gasteiger partial charge in [-0.25, -0.2) is 4.98 Å². The quantitative estimate of drug-likeness (QED) is 0.590. The van der Waals surface area contributed by atoms with E-state index in [1.54, 1.807) is 7.11 Å². The van der Waals surface area contributed by atoms with Crippen LogP contribution in [0.25, 0.3) is 11.3 Å². The fourth-order valence-corrected chi connectivity index (χ4v) is 2.92. The Balaban J connectivity index is 2.02. The van der Waals surface area contributed by atoms with Crippen molar-refractivity contribution in [2.75, 3.05) is 37.0 Å². The van der Waals surface area contributed by atoms with Crippen LogP contribution in [0.3, 0.4) is 0 Å². The van der Waals surface area contributed by atoms with Gasteiger partial charge in [-0.2, -0.15) is 4.98 Å². The lowest BCUT2D eigenvalue weighted by Gasteiger charge is -2.23. The van der Waals surface area contributed by atoms with E-state index in [1.807, 2.05) is 24.3 Å². The molecular weight excluding hydrogens is 336 g/mol. The first kappa shape index (κ1) is 18.9. The van der Waals surface area contributed by atoms with Crippen molar-refractivity contribution >= 4 is 17.5 Å². The van der Waals surface area contributed by atoms with E-state index in [1.165, 1.54) is 5.56 Å². The van der Waals surface area contributed by atoms with Crippen molar-refractivity contribution in [1.29, 1.82) is 0 Å². The third kappa shape index (κ3) is 4.83. The minimum absolute atomic E-state index is 0.620. The predicted molar refractivity (Wildman–Crippen MR) is 112 cm³/mol. The van der Waals surface area contributed by atoms with E-state index in [9.17, 15) is 0 Å². The lowest BCUT2D eigenvalue weighted by atomic mass is 10.1. The largest absolute Gasteiger partial charge is 0.383 e. The SMILES string of the molecule is CCN(c1cccc(C)c1)c1nc(NCCOC)cc(-c2ccccc2)n1. The Bertz CT molecular complexity index is 867. The normalized spacial score (nSPS) is 10.6. The first-order valence-electron chi connectivity index (χ1n) is 9.22. The van der Waals surface area contributed by atoms with E-state index in [0.717, 1.165) is 29.3 Å². The van der Waals surface area contributed by atoms with Crippen LogP contribution in [-0.2, 0) is 4.74 Å². The summed E-state index contributed by atoms with van der Waals surface area (Å²) in [6, 6.07) is 20.6. The molecule has 0 bridgehead atoms. The van der Waals surface area contributed by atoms with Crippen LogP contribution in [-0.4, -0.2) is 36.8 Å². The standard InChI is InChI=1S/C22H26N4O/c1-4-26(19-12-8-9-17(2)15-19)22-24-20(18-10-6-5-7-11-18)16-21(25-22)23-13-14-27-3/h5-12,15-16H,4,13-14H2,1-3H3,(H,23,24,25). The number of anilines is 3. The van der Waals surface area contributed by atoms with Gasteiger partial charge in [0.1, 0.15) is 5.82 Å². The summed E-state index contributed by atoms with van der Waals surface area (Å²) < 4.78 is 5.14. The van der Waals surface area contributed by atoms with E-state index < -0.39 is 0 Å². The van der Waals surface area contributed by atoms with Gasteiger partial charge in [0.25, 0.3) is 0 Å². The van der Waals surface area contributed by atoms with Gasteiger partial charge in [0, 0.05) is 37.5 Å². The zero-order chi connectivity index (χ0) is 19.1. The lowest BCUT2D eigenvalue weighted by molar-refractivity contribution is 0.210. The molecule has 0 unspecified atom stereocenters. The summed E-state index contributed by atoms with van der Waals surface area (Å²) in [5, 5.41) is 3.34. The second-order valence-corrected chi connectivity index (χ2v) is 6.31. The predicted octanol–water partition coefficient (Wildman–Crippen LogP) is 4.67. The monoisotopic (exact) mass is 362 g/mol. The molecule has 1 N–H and O–H groups in total. The van der Waals surface area contributed by atoms with Crippen LogP contribution in [0.2, 0.25) is 0 Å². The molecule has 0 saturated heterocycles. The third-order valence-corrected chi connectivity index (χ3v) is 4.27. The molecule has 0 spiro atoms. The van der Waals surface area contributed by atoms with Crippen molar-refractivity contribution in [3.63, 3.8) is 0 Å². The number of hydrogen-bond donors (Lipinski definition) is 1. The van der Waals surface area contributed by atoms with Crippen LogP contribution < -0.4 is 10.2 Å². The Morgan fingerprint density at radius 2 is 1.81 bits per heavy atom. The van der Waals surface area contributed by atoms with Gasteiger partial charge < -0.3 is 15.0 Å². The average Bonchev–Trinajstić information content (AvgIpc) is 2.69. The molecule has 1 heterocycles. The van der Waals surface area contributed by atoms with Gasteiger partial charge in [-0.1, -0.05) is 42.5 Å². The van der Waals surface area contributed by atoms with E-state index in [0.29, 0.717) is 19.1 Å². The first-order chi connectivity index (χ1) is 13.2. The maximum atomic E-state index is 5.14. The summed E-state index contributed by atoms with van der Waals surface area (Å²) in [5.41, 5.74) is 4.26. The van der Waals surface area contributed by atoms with Crippen molar-refractivity contribution in [2.45, 2.75) is 13.8 Å². The highest BCUT2D eigenvalue weighted by Gasteiger charge is 2.14. The van der Waals surface area contributed by atoms with Gasteiger partial charge in [-0.3, -0.25) is 0 Å². The van der Waals surface area contributed by atoms with Crippen LogP contribution in [0.15, 0.2) is 60.7 Å². The van der Waals surface area contributed by atoms with Gasteiger partial charge in [-0.15, -0.1) is 0 Å². The Labute approximate surface area is 161 Å². The first-order valence-corrected chi connectivity index (χ1v) is 9.22. The molecule has 0 atom stereocenters. The van der Waals surface area contributed by atoms with Crippen molar-refractivity contribution < 1.29 is 4.74 Å². The van der Waals surface area contributed by atoms with E-state index >= 15 is 0 Å². The number of aryl methyl sites for hydroxylation is 1. The molecule has 0 saturated carbocycles. The van der Waals surface area contributed by atoms with Gasteiger partial charge in [0.05, 0.1) is 12.3 Å². The summed E-state index contributed by atoms with van der Waals surface area (Å²) >= 11 is 0. The van der Waals surface area contributed by atoms with Crippen LogP contribution in [0.1, 0.15) is 12.5 Å². The van der Waals surface area contributed by atoms with Gasteiger partial charge >= 0.3 is 0 Å². The Morgan fingerprint density at radius 3 is 2.52 bits per heavy atom. The molecule has 3 rings (SSSR count). The zero-order valence-electron chi connectivity index (χ0n) is 16.1. The van der Waals surface area contributed by atoms with Crippen LogP contribution in [0.5, 0.6) is 0 Å². The maximum absolute atomic E-state index is 5.14. The molecule has 27 heavy (non-hydrogen) atoms. The summed E-state index contributed by atoms with van der Waals surface area (Å²) in [5.74, 6) is 1.48. The van der Waals surface area contributed by atoms with Crippen LogP contribution in [0.4, 0.5) is 17.5 Å². The molecule has 3 aromatic rings. The Kier molecular flexibility index (Phi) is 6.39. The summed E-state index contributed by atoms with van der Waals surface area (Å²) in [4.78, 5) is 11.7. The average molecular weight is 362 g/mol. The second kappa shape index (κ2) is 9.14. The van der Waals surface area contributed by atoms with E-state index in [-0.39, 0.29) is 0 Å². The van der Waals surface area contributed by atoms with E-state index in [2.05, 4.69) is 60.5 Å². The number of nitrogens with one attached hydrogen (secondary N) is 1. The molecule has 5 heteroatoms. The highest BCUT2D eigenvalue weighted by Crippen LogP contribution is 2.27. The van der Waals surface area contributed by atoms with Gasteiger partial charge in [-0.05, 0) is 31.5 Å². The van der Waals surface area contributed by atoms with Gasteiger partial charge in [0.2, 0.25) is 5.95 Å². The van der Waals surface area contributed by atoms with Gasteiger partial charge in [0.15, 0.2) is 0 Å². The minimum atomic E-state index is 0.620. The number of ether oxygens (including phenoxy) is 1. The molecule has 0 fully saturated rings. The van der Waals surface area contributed by atoms with Crippen molar-refractivity contribution in [3.8, 4) is 11.3 Å². The maximum Gasteiger partial charge on any atom is 0.232 e. The Hall–Kier alpha value is -2.92. The molecule has 0 aliphatic heterocycles. The van der Waals surface area contributed by atoms with Crippen LogP contribution in [0, 0.1) is 6.92 Å². The lowest BCUT2D eigenvalue weighted by Crippen LogP contribution is -2.20. The summed E-state index contributed by atoms with van der Waals surface area (Å²) in [6.07, 6.45) is 0. The third-order valence-electron chi connectivity index (χ3n) is 4.27. The molecular formula is C22H26N4O. The van der Waals surface area contributed by atoms with E-state index in [4.69, 9.17) is 14.7 Å². The highest BCUT2D eigenvalue weighted by molar-refractivity contribution is 5.67. The fraction of sp³-hybridized carbons (Fsp3) is 0.273. The number of rotatable bonds is 8. The minimum Gasteiger partial charge on any atom is -0.383 e. The molecule has 2 aromatic carbocycles.